The van der Waals surface area contributed by atoms with E-state index in [1.807, 2.05) is 12.1 Å². The average molecular weight is 282 g/mol. The van der Waals surface area contributed by atoms with Gasteiger partial charge < -0.3 is 10.2 Å². The van der Waals surface area contributed by atoms with Gasteiger partial charge in [0.25, 0.3) is 0 Å². The number of nitrogens with one attached hydrogen (secondary N) is 1. The van der Waals surface area contributed by atoms with Crippen LogP contribution in [0.25, 0.3) is 0 Å². The van der Waals surface area contributed by atoms with Crippen LogP contribution < -0.4 is 5.32 Å². The standard InChI is InChI=1S/C14H22N2O2S/c1-11-10-13(8-9-16(11)2)15-12-4-6-14(7-5-12)19(3,17)18/h4-7,11,13,15H,8-10H2,1-3H3. The van der Waals surface area contributed by atoms with Crippen molar-refractivity contribution in [2.75, 3.05) is 25.2 Å². The Morgan fingerprint density at radius 1 is 1.26 bits per heavy atom. The molecule has 1 fully saturated rings. The Morgan fingerprint density at radius 3 is 2.42 bits per heavy atom. The van der Waals surface area contributed by atoms with Crippen LogP contribution in [-0.2, 0) is 9.84 Å². The van der Waals surface area contributed by atoms with Gasteiger partial charge in [-0.15, -0.1) is 0 Å². The molecular formula is C14H22N2O2S. The highest BCUT2D eigenvalue weighted by molar-refractivity contribution is 7.90. The summed E-state index contributed by atoms with van der Waals surface area (Å²) in [6.07, 6.45) is 3.47. The number of anilines is 1. The molecule has 0 spiro atoms. The molecule has 2 atom stereocenters. The molecule has 19 heavy (non-hydrogen) atoms. The van der Waals surface area contributed by atoms with Crippen molar-refractivity contribution >= 4 is 15.5 Å². The van der Waals surface area contributed by atoms with E-state index in [1.54, 1.807) is 12.1 Å². The molecule has 1 heterocycles. The molecule has 0 radical (unpaired) electrons. The molecule has 5 heteroatoms. The van der Waals surface area contributed by atoms with Gasteiger partial charge in [-0.2, -0.15) is 0 Å². The molecule has 4 nitrogen and oxygen atoms in total. The van der Waals surface area contributed by atoms with Crippen molar-refractivity contribution in [1.82, 2.24) is 4.90 Å². The highest BCUT2D eigenvalue weighted by Gasteiger charge is 2.22. The summed E-state index contributed by atoms with van der Waals surface area (Å²) in [4.78, 5) is 2.74. The third-order valence-corrected chi connectivity index (χ3v) is 4.99. The average Bonchev–Trinajstić information content (AvgIpc) is 2.33. The second kappa shape index (κ2) is 5.51. The largest absolute Gasteiger partial charge is 0.382 e. The highest BCUT2D eigenvalue weighted by Crippen LogP contribution is 2.21. The lowest BCUT2D eigenvalue weighted by molar-refractivity contribution is 0.190. The first-order chi connectivity index (χ1) is 8.86. The fraction of sp³-hybridized carbons (Fsp3) is 0.571. The van der Waals surface area contributed by atoms with Gasteiger partial charge in [0.05, 0.1) is 4.90 Å². The summed E-state index contributed by atoms with van der Waals surface area (Å²) in [7, 11) is -0.949. The smallest absolute Gasteiger partial charge is 0.175 e. The van der Waals surface area contributed by atoms with Crippen LogP contribution in [0.5, 0.6) is 0 Å². The Balaban J connectivity index is 2.00. The first kappa shape index (κ1) is 14.3. The molecule has 106 valence electrons. The maximum Gasteiger partial charge on any atom is 0.175 e. The van der Waals surface area contributed by atoms with Crippen LogP contribution in [-0.4, -0.2) is 45.2 Å². The third-order valence-electron chi connectivity index (χ3n) is 3.86. The molecule has 1 aromatic rings. The molecule has 1 aliphatic rings. The molecule has 2 rings (SSSR count). The maximum atomic E-state index is 11.4. The Morgan fingerprint density at radius 2 is 1.89 bits per heavy atom. The number of piperidine rings is 1. The monoisotopic (exact) mass is 282 g/mol. The van der Waals surface area contributed by atoms with Crippen LogP contribution in [0.4, 0.5) is 5.69 Å². The molecule has 1 aromatic carbocycles. The van der Waals surface area contributed by atoms with Crippen molar-refractivity contribution in [3.8, 4) is 0 Å². The van der Waals surface area contributed by atoms with Gasteiger partial charge in [-0.25, -0.2) is 8.42 Å². The molecule has 0 bridgehead atoms. The van der Waals surface area contributed by atoms with Gasteiger partial charge in [-0.05, 0) is 51.1 Å². The maximum absolute atomic E-state index is 11.4. The van der Waals surface area contributed by atoms with Gasteiger partial charge in [0.15, 0.2) is 9.84 Å². The molecular weight excluding hydrogens is 260 g/mol. The Hall–Kier alpha value is -1.07. The van der Waals surface area contributed by atoms with Crippen LogP contribution in [0.1, 0.15) is 19.8 Å². The van der Waals surface area contributed by atoms with Gasteiger partial charge in [0, 0.05) is 30.6 Å². The zero-order valence-corrected chi connectivity index (χ0v) is 12.6. The number of sulfone groups is 1. The summed E-state index contributed by atoms with van der Waals surface area (Å²) < 4.78 is 22.8. The van der Waals surface area contributed by atoms with Crippen molar-refractivity contribution < 1.29 is 8.42 Å². The van der Waals surface area contributed by atoms with E-state index >= 15 is 0 Å². The van der Waals surface area contributed by atoms with Crippen LogP contribution >= 0.6 is 0 Å². The van der Waals surface area contributed by atoms with Crippen LogP contribution in [0.3, 0.4) is 0 Å². The fourth-order valence-corrected chi connectivity index (χ4v) is 3.09. The number of hydrogen-bond donors (Lipinski definition) is 1. The van der Waals surface area contributed by atoms with Crippen LogP contribution in [0.15, 0.2) is 29.2 Å². The van der Waals surface area contributed by atoms with E-state index < -0.39 is 9.84 Å². The molecule has 1 aliphatic heterocycles. The van der Waals surface area contributed by atoms with E-state index in [0.717, 1.165) is 25.1 Å². The lowest BCUT2D eigenvalue weighted by Crippen LogP contribution is -2.42. The molecule has 0 amide bonds. The quantitative estimate of drug-likeness (QED) is 0.921. The van der Waals surface area contributed by atoms with Crippen molar-refractivity contribution in [3.63, 3.8) is 0 Å². The SMILES string of the molecule is CC1CC(Nc2ccc(S(C)(=O)=O)cc2)CCN1C. The van der Waals surface area contributed by atoms with E-state index in [9.17, 15) is 8.42 Å². The number of nitrogens with zero attached hydrogens (tertiary/aromatic N) is 1. The number of hydrogen-bond acceptors (Lipinski definition) is 4. The zero-order chi connectivity index (χ0) is 14.0. The molecule has 1 saturated heterocycles. The Labute approximate surface area is 115 Å². The van der Waals surface area contributed by atoms with E-state index in [1.165, 1.54) is 6.26 Å². The van der Waals surface area contributed by atoms with E-state index in [0.29, 0.717) is 17.0 Å². The number of rotatable bonds is 3. The minimum atomic E-state index is -3.10. The summed E-state index contributed by atoms with van der Waals surface area (Å²) >= 11 is 0. The van der Waals surface area contributed by atoms with Gasteiger partial charge in [0.2, 0.25) is 0 Å². The van der Waals surface area contributed by atoms with Gasteiger partial charge in [-0.1, -0.05) is 0 Å². The van der Waals surface area contributed by atoms with Gasteiger partial charge in [0.1, 0.15) is 0 Å². The summed E-state index contributed by atoms with van der Waals surface area (Å²) in [6, 6.07) is 8.07. The van der Waals surface area contributed by atoms with Crippen LogP contribution in [0.2, 0.25) is 0 Å². The summed E-state index contributed by atoms with van der Waals surface area (Å²) in [5.41, 5.74) is 0.995. The normalized spacial score (nSPS) is 25.2. The second-order valence-electron chi connectivity index (χ2n) is 5.49. The fourth-order valence-electron chi connectivity index (χ4n) is 2.45. The van der Waals surface area contributed by atoms with E-state index in [-0.39, 0.29) is 0 Å². The molecule has 0 aliphatic carbocycles. The van der Waals surface area contributed by atoms with Gasteiger partial charge >= 0.3 is 0 Å². The van der Waals surface area contributed by atoms with E-state index in [4.69, 9.17) is 0 Å². The molecule has 0 saturated carbocycles. The van der Waals surface area contributed by atoms with E-state index in [2.05, 4.69) is 24.2 Å². The summed E-state index contributed by atoms with van der Waals surface area (Å²) in [5.74, 6) is 0. The Kier molecular flexibility index (Phi) is 4.16. The Bertz CT molecular complexity index is 525. The third kappa shape index (κ3) is 3.70. The second-order valence-corrected chi connectivity index (χ2v) is 7.51. The molecule has 2 unspecified atom stereocenters. The predicted octanol–water partition coefficient (Wildman–Crippen LogP) is 1.98. The minimum Gasteiger partial charge on any atom is -0.382 e. The molecule has 0 aromatic heterocycles. The van der Waals surface area contributed by atoms with Gasteiger partial charge in [-0.3, -0.25) is 0 Å². The summed E-state index contributed by atoms with van der Waals surface area (Å²) in [6.45, 7) is 3.33. The van der Waals surface area contributed by atoms with Crippen molar-refractivity contribution in [3.05, 3.63) is 24.3 Å². The predicted molar refractivity (Wildman–Crippen MR) is 78.3 cm³/mol. The molecule has 1 N–H and O–H groups in total. The van der Waals surface area contributed by atoms with Crippen molar-refractivity contribution in [1.29, 1.82) is 0 Å². The first-order valence-corrected chi connectivity index (χ1v) is 8.52. The highest BCUT2D eigenvalue weighted by atomic mass is 32.2. The minimum absolute atomic E-state index is 0.370. The lowest BCUT2D eigenvalue weighted by Gasteiger charge is -2.35. The first-order valence-electron chi connectivity index (χ1n) is 6.63. The topological polar surface area (TPSA) is 49.4 Å². The van der Waals surface area contributed by atoms with Crippen molar-refractivity contribution in [2.24, 2.45) is 0 Å². The summed E-state index contributed by atoms with van der Waals surface area (Å²) in [5, 5.41) is 3.49. The lowest BCUT2D eigenvalue weighted by atomic mass is 9.99. The van der Waals surface area contributed by atoms with Crippen molar-refractivity contribution in [2.45, 2.75) is 36.7 Å². The zero-order valence-electron chi connectivity index (χ0n) is 11.8. The van der Waals surface area contributed by atoms with Crippen LogP contribution in [0, 0.1) is 0 Å². The number of benzene rings is 1. The number of likely N-dealkylation sites (tertiary alicyclic amines) is 1.